The van der Waals surface area contributed by atoms with Crippen LogP contribution < -0.4 is 29.0 Å². The van der Waals surface area contributed by atoms with E-state index in [4.69, 9.17) is 23.7 Å². The molecular formula is C31H29FN4O6. The molecule has 0 fully saturated rings. The molecule has 42 heavy (non-hydrogen) atoms. The molecule has 0 spiro atoms. The molecule has 10 nitrogen and oxygen atoms in total. The van der Waals surface area contributed by atoms with Crippen LogP contribution in [0, 0.1) is 12.7 Å². The third kappa shape index (κ3) is 5.49. The Labute approximate surface area is 241 Å². The number of amides is 1. The van der Waals surface area contributed by atoms with E-state index in [1.165, 1.54) is 38.6 Å². The van der Waals surface area contributed by atoms with Gasteiger partial charge < -0.3 is 29.0 Å². The van der Waals surface area contributed by atoms with Gasteiger partial charge in [0.1, 0.15) is 17.0 Å². The highest BCUT2D eigenvalue weighted by Crippen LogP contribution is 2.39. The normalized spacial score (nSPS) is 10.8. The average molecular weight is 573 g/mol. The van der Waals surface area contributed by atoms with Crippen molar-refractivity contribution >= 4 is 22.5 Å². The number of carbonyl (C=O) groups excluding carboxylic acids is 1. The fourth-order valence-electron chi connectivity index (χ4n) is 4.48. The van der Waals surface area contributed by atoms with Crippen LogP contribution in [0.2, 0.25) is 0 Å². The monoisotopic (exact) mass is 572 g/mol. The molecule has 0 saturated carbocycles. The fourth-order valence-corrected chi connectivity index (χ4v) is 4.48. The van der Waals surface area contributed by atoms with Crippen molar-refractivity contribution in [1.29, 1.82) is 0 Å². The van der Waals surface area contributed by atoms with Crippen molar-refractivity contribution in [2.24, 2.45) is 0 Å². The smallest absolute Gasteiger partial charge is 0.280 e. The summed E-state index contributed by atoms with van der Waals surface area (Å²) < 4.78 is 44.4. The molecule has 0 aliphatic heterocycles. The minimum Gasteiger partial charge on any atom is -0.497 e. The van der Waals surface area contributed by atoms with Crippen molar-refractivity contribution in [2.45, 2.75) is 13.8 Å². The largest absolute Gasteiger partial charge is 0.497 e. The van der Waals surface area contributed by atoms with E-state index in [0.29, 0.717) is 46.3 Å². The quantitative estimate of drug-likeness (QED) is 0.207. The van der Waals surface area contributed by atoms with Crippen LogP contribution in [0.1, 0.15) is 23.0 Å². The molecule has 0 saturated heterocycles. The molecule has 2 heterocycles. The molecule has 0 aliphatic carbocycles. The Morgan fingerprint density at radius 2 is 1.74 bits per heavy atom. The topological polar surface area (TPSA) is 106 Å². The zero-order chi connectivity index (χ0) is 29.8. The van der Waals surface area contributed by atoms with Crippen LogP contribution in [-0.2, 0) is 0 Å². The minimum atomic E-state index is -0.678. The fraction of sp³-hybridized carbons (Fsp3) is 0.194. The number of benzene rings is 3. The molecule has 0 unspecified atom stereocenters. The van der Waals surface area contributed by atoms with Gasteiger partial charge in [-0.05, 0) is 67.9 Å². The Morgan fingerprint density at radius 1 is 0.929 bits per heavy atom. The Bertz CT molecular complexity index is 1770. The molecule has 216 valence electrons. The van der Waals surface area contributed by atoms with Crippen molar-refractivity contribution in [2.75, 3.05) is 33.3 Å². The predicted molar refractivity (Wildman–Crippen MR) is 155 cm³/mol. The molecule has 5 aromatic rings. The summed E-state index contributed by atoms with van der Waals surface area (Å²) in [6.07, 6.45) is 3.17. The third-order valence-corrected chi connectivity index (χ3v) is 6.47. The van der Waals surface area contributed by atoms with Crippen molar-refractivity contribution < 1.29 is 32.9 Å². The number of aromatic nitrogens is 3. The van der Waals surface area contributed by atoms with E-state index in [1.54, 1.807) is 42.3 Å². The summed E-state index contributed by atoms with van der Waals surface area (Å²) in [5.74, 6) is 1.05. The van der Waals surface area contributed by atoms with Crippen molar-refractivity contribution in [3.05, 3.63) is 84.1 Å². The highest BCUT2D eigenvalue weighted by molar-refractivity contribution is 6.04. The highest BCUT2D eigenvalue weighted by Gasteiger charge is 2.21. The maximum atomic E-state index is 15.2. The first kappa shape index (κ1) is 28.2. The van der Waals surface area contributed by atoms with Crippen molar-refractivity contribution in [3.63, 3.8) is 0 Å². The Hall–Kier alpha value is -5.32. The number of hydrogen-bond acceptors (Lipinski definition) is 8. The van der Waals surface area contributed by atoms with E-state index in [-0.39, 0.29) is 17.1 Å². The van der Waals surface area contributed by atoms with Gasteiger partial charge in [-0.15, -0.1) is 0 Å². The molecule has 1 N–H and O–H groups in total. The molecule has 11 heteroatoms. The number of pyridine rings is 1. The van der Waals surface area contributed by atoms with Crippen LogP contribution >= 0.6 is 0 Å². The lowest BCUT2D eigenvalue weighted by molar-refractivity contribution is 0.101. The van der Waals surface area contributed by atoms with Crippen LogP contribution in [-0.4, -0.2) is 48.6 Å². The van der Waals surface area contributed by atoms with E-state index in [0.717, 1.165) is 11.3 Å². The number of nitrogens with zero attached hydrogens (tertiary/aromatic N) is 3. The molecule has 0 atom stereocenters. The molecular weight excluding hydrogens is 543 g/mol. The van der Waals surface area contributed by atoms with Gasteiger partial charge in [0.15, 0.2) is 34.5 Å². The van der Waals surface area contributed by atoms with Gasteiger partial charge in [-0.1, -0.05) is 0 Å². The second-order valence-corrected chi connectivity index (χ2v) is 9.08. The number of anilines is 1. The van der Waals surface area contributed by atoms with E-state index >= 15 is 4.39 Å². The van der Waals surface area contributed by atoms with Crippen LogP contribution in [0.4, 0.5) is 10.1 Å². The van der Waals surface area contributed by atoms with Gasteiger partial charge in [0.2, 0.25) is 0 Å². The zero-order valence-electron chi connectivity index (χ0n) is 23.7. The van der Waals surface area contributed by atoms with Crippen LogP contribution in [0.3, 0.4) is 0 Å². The number of aryl methyl sites for hydroxylation is 1. The first-order valence-electron chi connectivity index (χ1n) is 13.0. The second kappa shape index (κ2) is 12.0. The van der Waals surface area contributed by atoms with Crippen LogP contribution in [0.5, 0.6) is 34.5 Å². The summed E-state index contributed by atoms with van der Waals surface area (Å²) in [6, 6.07) is 14.8. The Morgan fingerprint density at radius 3 is 2.43 bits per heavy atom. The van der Waals surface area contributed by atoms with Gasteiger partial charge >= 0.3 is 0 Å². The maximum Gasteiger partial charge on any atom is 0.280 e. The van der Waals surface area contributed by atoms with E-state index in [2.05, 4.69) is 15.4 Å². The molecule has 0 bridgehead atoms. The lowest BCUT2D eigenvalue weighted by Gasteiger charge is -2.14. The lowest BCUT2D eigenvalue weighted by Crippen LogP contribution is -2.14. The first-order chi connectivity index (χ1) is 20.4. The number of fused-ring (bicyclic) bond motifs is 1. The molecule has 0 aliphatic rings. The van der Waals surface area contributed by atoms with E-state index in [1.807, 2.05) is 26.0 Å². The highest BCUT2D eigenvalue weighted by atomic mass is 19.1. The number of hydrogen-bond donors (Lipinski definition) is 1. The summed E-state index contributed by atoms with van der Waals surface area (Å²) in [6.45, 7) is 4.05. The average Bonchev–Trinajstić information content (AvgIpc) is 3.41. The molecule has 0 radical (unpaired) electrons. The first-order valence-corrected chi connectivity index (χ1v) is 13.0. The summed E-state index contributed by atoms with van der Waals surface area (Å²) in [7, 11) is 4.64. The summed E-state index contributed by atoms with van der Waals surface area (Å²) in [5, 5.41) is 7.76. The number of rotatable bonds is 10. The molecule has 5 rings (SSSR count). The molecule has 3 aromatic carbocycles. The molecule has 1 amide bonds. The SMILES string of the molecule is CCOc1cn(-c2ccc(OC)cc2C)nc1C(=O)Nc1ccc(Oc2ccnc3c(OC)c(OC)ccc23)c(F)c1. The number of ether oxygens (including phenoxy) is 5. The molecule has 2 aromatic heterocycles. The standard InChI is InChI=1S/C31H29FN4O6/c1-6-41-27-17-36(23-10-8-20(38-3)15-18(23)2)35-29(27)31(37)34-19-7-11-25(22(32)16-19)42-24-13-14-33-28-21(24)9-12-26(39-4)30(28)40-5/h7-17H,6H2,1-5H3,(H,34,37). The minimum absolute atomic E-state index is 0.0375. The number of halogens is 1. The summed E-state index contributed by atoms with van der Waals surface area (Å²) in [4.78, 5) is 17.6. The van der Waals surface area contributed by atoms with Gasteiger partial charge in [0.25, 0.3) is 5.91 Å². The number of methoxy groups -OCH3 is 3. The van der Waals surface area contributed by atoms with Gasteiger partial charge in [0.05, 0.1) is 39.8 Å². The third-order valence-electron chi connectivity index (χ3n) is 6.47. The van der Waals surface area contributed by atoms with Crippen molar-refractivity contribution in [1.82, 2.24) is 14.8 Å². The maximum absolute atomic E-state index is 15.2. The van der Waals surface area contributed by atoms with Gasteiger partial charge in [-0.2, -0.15) is 5.10 Å². The van der Waals surface area contributed by atoms with Crippen LogP contribution in [0.25, 0.3) is 16.6 Å². The second-order valence-electron chi connectivity index (χ2n) is 9.08. The number of carbonyl (C=O) groups is 1. The van der Waals surface area contributed by atoms with Crippen LogP contribution in [0.15, 0.2) is 67.0 Å². The summed E-state index contributed by atoms with van der Waals surface area (Å²) >= 11 is 0. The van der Waals surface area contributed by atoms with E-state index in [9.17, 15) is 4.79 Å². The summed E-state index contributed by atoms with van der Waals surface area (Å²) in [5.41, 5.74) is 2.43. The van der Waals surface area contributed by atoms with E-state index < -0.39 is 11.7 Å². The predicted octanol–water partition coefficient (Wildman–Crippen LogP) is 6.34. The van der Waals surface area contributed by atoms with Gasteiger partial charge in [-0.25, -0.2) is 9.07 Å². The van der Waals surface area contributed by atoms with Gasteiger partial charge in [-0.3, -0.25) is 9.78 Å². The Kier molecular flexibility index (Phi) is 8.09. The zero-order valence-corrected chi connectivity index (χ0v) is 23.7. The number of nitrogens with one attached hydrogen (secondary N) is 1. The van der Waals surface area contributed by atoms with Gasteiger partial charge in [0, 0.05) is 23.3 Å². The Balaban J connectivity index is 1.38. The van der Waals surface area contributed by atoms with Crippen molar-refractivity contribution in [3.8, 4) is 40.2 Å². The lowest BCUT2D eigenvalue weighted by atomic mass is 10.1.